The van der Waals surface area contributed by atoms with Crippen LogP contribution in [-0.4, -0.2) is 71.4 Å². The number of aliphatic hydroxyl groups excluding tert-OH is 1. The molecule has 0 fully saturated rings. The molecule has 2 aromatic rings. The molecule has 0 heterocycles. The Balaban J connectivity index is 2.40. The van der Waals surface area contributed by atoms with Crippen LogP contribution in [0.4, 0.5) is 26.7 Å². The molecule has 4 amide bonds. The summed E-state index contributed by atoms with van der Waals surface area (Å²) in [5.74, 6) is -10.1. The molecule has 0 aliphatic heterocycles. The maximum absolute atomic E-state index is 14.8. The van der Waals surface area contributed by atoms with Gasteiger partial charge in [0, 0.05) is 11.4 Å². The number of alkyl carbamates (subject to hydrolysis) is 1. The molecule has 0 radical (unpaired) electrons. The molecule has 5 N–H and O–H groups in total. The van der Waals surface area contributed by atoms with Crippen LogP contribution in [0.3, 0.4) is 0 Å². The lowest BCUT2D eigenvalue weighted by molar-refractivity contribution is -0.175. The van der Waals surface area contributed by atoms with Gasteiger partial charge in [-0.3, -0.25) is 14.4 Å². The number of benzene rings is 2. The van der Waals surface area contributed by atoms with E-state index in [1.165, 1.54) is 38.1 Å². The maximum Gasteiger partial charge on any atom is 0.408 e. The summed E-state index contributed by atoms with van der Waals surface area (Å²) in [6.07, 6.45) is -9.01. The number of halogens is 6. The smallest absolute Gasteiger partial charge is 0.408 e. The Morgan fingerprint density at radius 2 is 1.49 bits per heavy atom. The van der Waals surface area contributed by atoms with Gasteiger partial charge in [0.1, 0.15) is 30.3 Å². The second-order valence-electron chi connectivity index (χ2n) is 12.0. The van der Waals surface area contributed by atoms with Crippen molar-refractivity contribution in [2.75, 3.05) is 6.54 Å². The summed E-state index contributed by atoms with van der Waals surface area (Å²) in [4.78, 5) is 51.9. The van der Waals surface area contributed by atoms with Gasteiger partial charge in [0.25, 0.3) is 5.91 Å². The molecule has 0 saturated carbocycles. The van der Waals surface area contributed by atoms with Gasteiger partial charge in [-0.05, 0) is 49.9 Å². The minimum atomic E-state index is -4.99. The first-order chi connectivity index (χ1) is 21.6. The number of aliphatic hydroxyl groups is 1. The van der Waals surface area contributed by atoms with Crippen molar-refractivity contribution in [3.05, 3.63) is 70.7 Å². The first-order valence-corrected chi connectivity index (χ1v) is 14.8. The van der Waals surface area contributed by atoms with Crippen LogP contribution in [0.2, 0.25) is 5.02 Å². The third-order valence-corrected chi connectivity index (χ3v) is 6.74. The topological polar surface area (TPSA) is 146 Å². The highest BCUT2D eigenvalue weighted by Crippen LogP contribution is 2.26. The molecule has 47 heavy (non-hydrogen) atoms. The fourth-order valence-electron chi connectivity index (χ4n) is 4.26. The van der Waals surface area contributed by atoms with Crippen molar-refractivity contribution >= 4 is 35.4 Å². The van der Waals surface area contributed by atoms with Crippen molar-refractivity contribution < 1.29 is 51.0 Å². The highest BCUT2D eigenvalue weighted by Gasteiger charge is 2.52. The Morgan fingerprint density at radius 1 is 0.872 bits per heavy atom. The van der Waals surface area contributed by atoms with Gasteiger partial charge >= 0.3 is 18.2 Å². The summed E-state index contributed by atoms with van der Waals surface area (Å²) in [6.45, 7) is 5.40. The predicted molar refractivity (Wildman–Crippen MR) is 162 cm³/mol. The molecule has 0 saturated heterocycles. The van der Waals surface area contributed by atoms with Crippen LogP contribution < -0.4 is 21.3 Å². The molecule has 10 nitrogen and oxygen atoms in total. The summed E-state index contributed by atoms with van der Waals surface area (Å²) < 4.78 is 72.5. The van der Waals surface area contributed by atoms with Crippen molar-refractivity contribution in [1.82, 2.24) is 21.3 Å². The zero-order chi connectivity index (χ0) is 35.7. The van der Waals surface area contributed by atoms with Crippen molar-refractivity contribution in [3.63, 3.8) is 0 Å². The third-order valence-electron chi connectivity index (χ3n) is 6.51. The van der Waals surface area contributed by atoms with Gasteiger partial charge in [-0.25, -0.2) is 4.79 Å². The first kappa shape index (κ1) is 39.2. The van der Waals surface area contributed by atoms with Crippen molar-refractivity contribution in [1.29, 1.82) is 0 Å². The molecule has 0 aliphatic rings. The van der Waals surface area contributed by atoms with Gasteiger partial charge in [0.05, 0.1) is 6.04 Å². The van der Waals surface area contributed by atoms with Crippen LogP contribution >= 0.6 is 11.6 Å². The molecule has 2 aromatic carbocycles. The van der Waals surface area contributed by atoms with Gasteiger partial charge in [-0.15, -0.1) is 0 Å². The quantitative estimate of drug-likeness (QED) is 0.196. The van der Waals surface area contributed by atoms with E-state index in [0.717, 1.165) is 5.32 Å². The molecule has 260 valence electrons. The molecule has 1 unspecified atom stereocenters. The van der Waals surface area contributed by atoms with Crippen LogP contribution in [0.1, 0.15) is 51.8 Å². The van der Waals surface area contributed by atoms with E-state index >= 15 is 0 Å². The SMILES string of the molecule is CC(C)[C@H](NC(=O)[C@@H](NC(=O)[C@H](Cc1cccc(Cl)c1)NC(=O)OC(C)(C)C)c1ccccc1)C(O)C(F)(F)C(=O)NCC(F)(F)F. The second-order valence-corrected chi connectivity index (χ2v) is 12.5. The first-order valence-electron chi connectivity index (χ1n) is 14.4. The van der Waals surface area contributed by atoms with Crippen LogP contribution in [0.5, 0.6) is 0 Å². The van der Waals surface area contributed by atoms with E-state index in [4.69, 9.17) is 16.3 Å². The van der Waals surface area contributed by atoms with E-state index in [1.54, 1.807) is 51.1 Å². The van der Waals surface area contributed by atoms with Crippen molar-refractivity contribution in [3.8, 4) is 0 Å². The van der Waals surface area contributed by atoms with Crippen molar-refractivity contribution in [2.45, 2.75) is 83.0 Å². The van der Waals surface area contributed by atoms with E-state index in [9.17, 15) is 46.2 Å². The number of ether oxygens (including phenoxy) is 1. The molecule has 0 aliphatic carbocycles. The van der Waals surface area contributed by atoms with Gasteiger partial charge in [-0.1, -0.05) is 67.9 Å². The third kappa shape index (κ3) is 12.6. The van der Waals surface area contributed by atoms with Crippen LogP contribution in [-0.2, 0) is 25.5 Å². The van der Waals surface area contributed by atoms with Gasteiger partial charge < -0.3 is 31.1 Å². The fourth-order valence-corrected chi connectivity index (χ4v) is 4.48. The minimum Gasteiger partial charge on any atom is -0.444 e. The number of alkyl halides is 5. The normalized spacial score (nSPS) is 14.7. The van der Waals surface area contributed by atoms with Crippen molar-refractivity contribution in [2.24, 2.45) is 5.92 Å². The summed E-state index contributed by atoms with van der Waals surface area (Å²) in [6, 6.07) is 9.15. The average molecular weight is 693 g/mol. The lowest BCUT2D eigenvalue weighted by Gasteiger charge is -2.33. The Labute approximate surface area is 273 Å². The van der Waals surface area contributed by atoms with E-state index < -0.39 is 78.2 Å². The Hall–Kier alpha value is -3.98. The molecule has 2 rings (SSSR count). The largest absolute Gasteiger partial charge is 0.444 e. The molecule has 0 aromatic heterocycles. The maximum atomic E-state index is 14.8. The zero-order valence-electron chi connectivity index (χ0n) is 26.3. The Bertz CT molecular complexity index is 1390. The predicted octanol–water partition coefficient (Wildman–Crippen LogP) is 4.45. The van der Waals surface area contributed by atoms with Crippen LogP contribution in [0.15, 0.2) is 54.6 Å². The Morgan fingerprint density at radius 3 is 2.02 bits per heavy atom. The van der Waals surface area contributed by atoms with Gasteiger partial charge in [0.15, 0.2) is 0 Å². The zero-order valence-corrected chi connectivity index (χ0v) is 27.0. The molecule has 16 heteroatoms. The number of hydrogen-bond acceptors (Lipinski definition) is 6. The lowest BCUT2D eigenvalue weighted by atomic mass is 9.93. The van der Waals surface area contributed by atoms with Crippen LogP contribution in [0, 0.1) is 5.92 Å². The van der Waals surface area contributed by atoms with E-state index in [1.807, 2.05) is 0 Å². The van der Waals surface area contributed by atoms with Gasteiger partial charge in [0.2, 0.25) is 11.8 Å². The summed E-state index contributed by atoms with van der Waals surface area (Å²) >= 11 is 6.08. The number of amides is 4. The molecular weight excluding hydrogens is 655 g/mol. The summed E-state index contributed by atoms with van der Waals surface area (Å²) in [5.41, 5.74) is -0.223. The fraction of sp³-hybridized carbons (Fsp3) is 0.484. The molecule has 0 spiro atoms. The molecular formula is C31H38ClF5N4O6. The highest BCUT2D eigenvalue weighted by atomic mass is 35.5. The van der Waals surface area contributed by atoms with E-state index in [0.29, 0.717) is 10.6 Å². The van der Waals surface area contributed by atoms with Gasteiger partial charge in [-0.2, -0.15) is 22.0 Å². The Kier molecular flexibility index (Phi) is 13.5. The number of carbonyl (C=O) groups excluding carboxylic acids is 4. The number of carbonyl (C=O) groups is 4. The average Bonchev–Trinajstić information content (AvgIpc) is 2.95. The summed E-state index contributed by atoms with van der Waals surface area (Å²) in [5, 5.41) is 19.0. The second kappa shape index (κ2) is 16.2. The molecule has 4 atom stereocenters. The molecule has 0 bridgehead atoms. The monoisotopic (exact) mass is 692 g/mol. The van der Waals surface area contributed by atoms with E-state index in [-0.39, 0.29) is 12.0 Å². The minimum absolute atomic E-state index is 0.110. The highest BCUT2D eigenvalue weighted by molar-refractivity contribution is 6.30. The number of hydrogen-bond donors (Lipinski definition) is 5. The standard InChI is InChI=1S/C31H38ClF5N4O6/c1-17(2)22(24(42)31(36,37)27(45)38-16-30(33,34)35)40-26(44)23(19-11-7-6-8-12-19)41-25(43)21(39-28(46)47-29(3,4)5)15-18-10-9-13-20(32)14-18/h6-14,17,21-24,42H,15-16H2,1-5H3,(H,38,45)(H,39,46)(H,40,44)(H,41,43)/t21-,22-,23-,24?/m0/s1. The lowest BCUT2D eigenvalue weighted by Crippen LogP contribution is -2.61. The summed E-state index contributed by atoms with van der Waals surface area (Å²) in [7, 11) is 0. The number of rotatable bonds is 13. The number of nitrogens with one attached hydrogen (secondary N) is 4. The van der Waals surface area contributed by atoms with E-state index in [2.05, 4.69) is 16.0 Å². The van der Waals surface area contributed by atoms with Crippen LogP contribution in [0.25, 0.3) is 0 Å².